The maximum Gasteiger partial charge on any atom is 0.296 e. The molecule has 1 N–H and O–H groups in total. The minimum Gasteiger partial charge on any atom is -0.496 e. The number of ether oxygens (including phenoxy) is 1. The highest BCUT2D eigenvalue weighted by atomic mass is 32.2. The molecule has 2 aromatic rings. The van der Waals surface area contributed by atoms with E-state index in [0.717, 1.165) is 12.1 Å². The third-order valence-corrected chi connectivity index (χ3v) is 4.25. The summed E-state index contributed by atoms with van der Waals surface area (Å²) in [5.41, 5.74) is -0.743. The highest BCUT2D eigenvalue weighted by molar-refractivity contribution is 8.00. The summed E-state index contributed by atoms with van der Waals surface area (Å²) in [4.78, 5) is 20.9. The van der Waals surface area contributed by atoms with Crippen molar-refractivity contribution in [2.75, 3.05) is 18.2 Å². The van der Waals surface area contributed by atoms with Gasteiger partial charge in [0.25, 0.3) is 5.69 Å². The fourth-order valence-corrected chi connectivity index (χ4v) is 2.71. The lowest BCUT2D eigenvalue weighted by Gasteiger charge is -2.09. The number of rotatable bonds is 6. The second-order valence-electron chi connectivity index (χ2n) is 4.88. The molecule has 2 rings (SSSR count). The van der Waals surface area contributed by atoms with E-state index in [1.807, 2.05) is 0 Å². The van der Waals surface area contributed by atoms with Crippen molar-refractivity contribution in [3.05, 3.63) is 57.4 Å². The molecule has 0 atom stereocenters. The smallest absolute Gasteiger partial charge is 0.296 e. The summed E-state index contributed by atoms with van der Waals surface area (Å²) in [6.07, 6.45) is 0. The Morgan fingerprint density at radius 1 is 1.11 bits per heavy atom. The van der Waals surface area contributed by atoms with Crippen LogP contribution in [0.1, 0.15) is 0 Å². The normalized spacial score (nSPS) is 10.6. The lowest BCUT2D eigenvalue weighted by atomic mass is 10.2. The van der Waals surface area contributed by atoms with E-state index >= 15 is 0 Å². The molecule has 0 heterocycles. The molecule has 1 amide bonds. The van der Waals surface area contributed by atoms with Gasteiger partial charge in [-0.15, -0.1) is 11.8 Å². The number of carbonyl (C=O) groups is 1. The third kappa shape index (κ3) is 4.27. The van der Waals surface area contributed by atoms with Crippen LogP contribution in [0.2, 0.25) is 0 Å². The van der Waals surface area contributed by atoms with Crippen LogP contribution in [0.15, 0.2) is 23.1 Å². The van der Waals surface area contributed by atoms with Crippen molar-refractivity contribution in [1.82, 2.24) is 0 Å². The number of anilines is 1. The summed E-state index contributed by atoms with van der Waals surface area (Å²) in [7, 11) is 1.28. The average molecular weight is 408 g/mol. The molecule has 0 aliphatic carbocycles. The van der Waals surface area contributed by atoms with Crippen molar-refractivity contribution in [3.8, 4) is 5.75 Å². The molecule has 12 heteroatoms. The Kier molecular flexibility index (Phi) is 6.20. The highest BCUT2D eigenvalue weighted by Crippen LogP contribution is 2.32. The highest BCUT2D eigenvalue weighted by Gasteiger charge is 2.26. The minimum atomic E-state index is -2.31. The maximum atomic E-state index is 13.6. The molecule has 0 spiro atoms. The van der Waals surface area contributed by atoms with Crippen molar-refractivity contribution < 1.29 is 36.4 Å². The first-order chi connectivity index (χ1) is 12.7. The number of nitro groups is 1. The number of benzene rings is 2. The Morgan fingerprint density at radius 3 is 2.19 bits per heavy atom. The number of halogens is 5. The van der Waals surface area contributed by atoms with Crippen LogP contribution in [0.5, 0.6) is 5.75 Å². The zero-order valence-electron chi connectivity index (χ0n) is 13.3. The molecule has 0 fully saturated rings. The number of nitrogens with zero attached hydrogens (tertiary/aromatic N) is 1. The first kappa shape index (κ1) is 20.4. The summed E-state index contributed by atoms with van der Waals surface area (Å²) in [6.45, 7) is 0. The van der Waals surface area contributed by atoms with E-state index in [0.29, 0.717) is 0 Å². The predicted molar refractivity (Wildman–Crippen MR) is 85.2 cm³/mol. The van der Waals surface area contributed by atoms with Gasteiger partial charge < -0.3 is 10.1 Å². The molecule has 0 unspecified atom stereocenters. The van der Waals surface area contributed by atoms with E-state index in [4.69, 9.17) is 4.74 Å². The van der Waals surface area contributed by atoms with Gasteiger partial charge in [-0.05, 0) is 12.1 Å². The molecule has 27 heavy (non-hydrogen) atoms. The van der Waals surface area contributed by atoms with Gasteiger partial charge in [-0.25, -0.2) is 22.0 Å². The number of thioether (sulfide) groups is 1. The molecule has 0 aromatic heterocycles. The van der Waals surface area contributed by atoms with Crippen LogP contribution in [0.3, 0.4) is 0 Å². The van der Waals surface area contributed by atoms with Gasteiger partial charge in [-0.3, -0.25) is 14.9 Å². The molecule has 0 aliphatic heterocycles. The third-order valence-electron chi connectivity index (χ3n) is 3.19. The fourth-order valence-electron chi connectivity index (χ4n) is 1.93. The lowest BCUT2D eigenvalue weighted by molar-refractivity contribution is -0.384. The van der Waals surface area contributed by atoms with E-state index in [-0.39, 0.29) is 23.2 Å². The zero-order chi connectivity index (χ0) is 20.3. The van der Waals surface area contributed by atoms with Gasteiger partial charge >= 0.3 is 0 Å². The van der Waals surface area contributed by atoms with Gasteiger partial charge in [-0.2, -0.15) is 0 Å². The van der Waals surface area contributed by atoms with Crippen LogP contribution in [0, 0.1) is 39.2 Å². The van der Waals surface area contributed by atoms with Gasteiger partial charge in [0, 0.05) is 0 Å². The average Bonchev–Trinajstić information content (AvgIpc) is 2.64. The number of nitro benzene ring substituents is 1. The number of carbonyl (C=O) groups excluding carboxylic acids is 1. The molecule has 0 radical (unpaired) electrons. The van der Waals surface area contributed by atoms with Crippen molar-refractivity contribution in [2.24, 2.45) is 0 Å². The first-order valence-corrected chi connectivity index (χ1v) is 7.92. The fraction of sp³-hybridized carbons (Fsp3) is 0.133. The van der Waals surface area contributed by atoms with E-state index in [9.17, 15) is 36.9 Å². The molecule has 2 aromatic carbocycles. The van der Waals surface area contributed by atoms with E-state index in [2.05, 4.69) is 5.32 Å². The summed E-state index contributed by atoms with van der Waals surface area (Å²) in [5.74, 6) is -12.3. The predicted octanol–water partition coefficient (Wildman–Crippen LogP) is 4.03. The van der Waals surface area contributed by atoms with Gasteiger partial charge in [0.1, 0.15) is 11.4 Å². The Morgan fingerprint density at radius 2 is 1.67 bits per heavy atom. The Hall–Kier alpha value is -2.89. The molecule has 0 bridgehead atoms. The topological polar surface area (TPSA) is 81.5 Å². The molecule has 6 nitrogen and oxygen atoms in total. The first-order valence-electron chi connectivity index (χ1n) is 6.93. The zero-order valence-corrected chi connectivity index (χ0v) is 14.1. The second-order valence-corrected chi connectivity index (χ2v) is 5.86. The van der Waals surface area contributed by atoms with Crippen LogP contribution in [0.25, 0.3) is 0 Å². The number of methoxy groups -OCH3 is 1. The van der Waals surface area contributed by atoms with Crippen LogP contribution < -0.4 is 10.1 Å². The minimum absolute atomic E-state index is 0.0567. The van der Waals surface area contributed by atoms with Crippen LogP contribution in [-0.2, 0) is 4.79 Å². The van der Waals surface area contributed by atoms with Crippen molar-refractivity contribution in [1.29, 1.82) is 0 Å². The van der Waals surface area contributed by atoms with Gasteiger partial charge in [0.15, 0.2) is 23.3 Å². The van der Waals surface area contributed by atoms with Gasteiger partial charge in [-0.1, -0.05) is 0 Å². The lowest BCUT2D eigenvalue weighted by Crippen LogP contribution is -2.16. The number of hydrogen-bond acceptors (Lipinski definition) is 5. The molecule has 144 valence electrons. The molecule has 0 aliphatic rings. The Balaban J connectivity index is 2.18. The summed E-state index contributed by atoms with van der Waals surface area (Å²) in [5, 5.41) is 13.2. The van der Waals surface area contributed by atoms with E-state index < -0.39 is 56.3 Å². The summed E-state index contributed by atoms with van der Waals surface area (Å²) in [6, 6.07) is 3.52. The van der Waals surface area contributed by atoms with Crippen molar-refractivity contribution >= 4 is 29.0 Å². The van der Waals surface area contributed by atoms with Crippen LogP contribution in [-0.4, -0.2) is 23.7 Å². The molecule has 0 saturated carbocycles. The monoisotopic (exact) mass is 408 g/mol. The standard InChI is InChI=1S/C15H9F5N2O4S/c1-26-6-2-3-7(8(4-6)22(24)25)21-9(23)5-27-15-13(19)11(17)10(16)12(18)14(15)20/h2-4H,5H2,1H3,(H,21,23). The van der Waals surface area contributed by atoms with E-state index in [1.165, 1.54) is 13.2 Å². The quantitative estimate of drug-likeness (QED) is 0.195. The van der Waals surface area contributed by atoms with Gasteiger partial charge in [0.2, 0.25) is 11.7 Å². The maximum absolute atomic E-state index is 13.6. The van der Waals surface area contributed by atoms with Crippen molar-refractivity contribution in [3.63, 3.8) is 0 Å². The Labute approximate surface area is 152 Å². The second kappa shape index (κ2) is 8.20. The largest absolute Gasteiger partial charge is 0.496 e. The number of hydrogen-bond donors (Lipinski definition) is 1. The van der Waals surface area contributed by atoms with E-state index in [1.54, 1.807) is 0 Å². The van der Waals surface area contributed by atoms with Gasteiger partial charge in [0.05, 0.1) is 28.7 Å². The molecule has 0 saturated heterocycles. The van der Waals surface area contributed by atoms with Crippen molar-refractivity contribution in [2.45, 2.75) is 4.90 Å². The van der Waals surface area contributed by atoms with Crippen LogP contribution >= 0.6 is 11.8 Å². The Bertz CT molecular complexity index is 897. The summed E-state index contributed by atoms with van der Waals surface area (Å²) < 4.78 is 71.2. The number of amides is 1. The SMILES string of the molecule is COc1ccc(NC(=O)CSc2c(F)c(F)c(F)c(F)c2F)c([N+](=O)[O-])c1. The molecular formula is C15H9F5N2O4S. The van der Waals surface area contributed by atoms with Crippen LogP contribution in [0.4, 0.5) is 33.3 Å². The summed E-state index contributed by atoms with van der Waals surface area (Å²) >= 11 is 0.0567. The molecular weight excluding hydrogens is 399 g/mol. The number of nitrogens with one attached hydrogen (secondary N) is 1.